The minimum atomic E-state index is -0.0860. The fraction of sp³-hybridized carbons (Fsp3) is 0.444. The third-order valence-electron chi connectivity index (χ3n) is 5.04. The van der Waals surface area contributed by atoms with Crippen LogP contribution in [0, 0.1) is 5.92 Å². The zero-order valence-corrected chi connectivity index (χ0v) is 14.7. The van der Waals surface area contributed by atoms with Crippen molar-refractivity contribution < 1.29 is 9.59 Å². The molecule has 0 aromatic carbocycles. The van der Waals surface area contributed by atoms with Gasteiger partial charge in [-0.05, 0) is 41.1 Å². The third kappa shape index (κ3) is 3.42. The number of aromatic nitrogens is 2. The van der Waals surface area contributed by atoms with E-state index in [2.05, 4.69) is 9.97 Å². The summed E-state index contributed by atoms with van der Waals surface area (Å²) in [7, 11) is 0. The maximum Gasteiger partial charge on any atom is 0.274 e. The molecular formula is C18H20N4O2S. The predicted octanol–water partition coefficient (Wildman–Crippen LogP) is 1.84. The number of fused-ring (bicyclic) bond motifs is 4. The molecule has 5 rings (SSSR count). The van der Waals surface area contributed by atoms with Gasteiger partial charge in [-0.15, -0.1) is 0 Å². The lowest BCUT2D eigenvalue weighted by Crippen LogP contribution is -2.48. The highest BCUT2D eigenvalue weighted by atomic mass is 32.1. The summed E-state index contributed by atoms with van der Waals surface area (Å²) in [6.45, 7) is 2.02. The van der Waals surface area contributed by atoms with E-state index in [-0.39, 0.29) is 17.9 Å². The Hall–Kier alpha value is -2.28. The number of piperidine rings is 1. The highest BCUT2D eigenvalue weighted by Crippen LogP contribution is 2.29. The largest absolute Gasteiger partial charge is 0.337 e. The number of thiophene rings is 1. The predicted molar refractivity (Wildman–Crippen MR) is 94.2 cm³/mol. The van der Waals surface area contributed by atoms with Gasteiger partial charge >= 0.3 is 0 Å². The molecule has 3 aliphatic rings. The maximum atomic E-state index is 12.8. The van der Waals surface area contributed by atoms with Gasteiger partial charge in [0.2, 0.25) is 5.91 Å². The number of rotatable bonds is 3. The van der Waals surface area contributed by atoms with Gasteiger partial charge < -0.3 is 9.80 Å². The summed E-state index contributed by atoms with van der Waals surface area (Å²) in [5, 5.41) is 4.02. The SMILES string of the molecule is O=C(c1cnccn1)N1C[C@H]2CC[C@@H](C1)N(C(=O)Cc1ccsc1)C2. The van der Waals surface area contributed by atoms with Gasteiger partial charge in [0.15, 0.2) is 0 Å². The fourth-order valence-corrected chi connectivity index (χ4v) is 4.46. The summed E-state index contributed by atoms with van der Waals surface area (Å²) >= 11 is 1.61. The monoisotopic (exact) mass is 356 g/mol. The number of amides is 2. The molecule has 0 aliphatic carbocycles. The summed E-state index contributed by atoms with van der Waals surface area (Å²) in [4.78, 5) is 37.4. The van der Waals surface area contributed by atoms with Gasteiger partial charge in [0, 0.05) is 38.1 Å². The third-order valence-corrected chi connectivity index (χ3v) is 5.77. The lowest BCUT2D eigenvalue weighted by atomic mass is 9.94. The number of hydrogen-bond acceptors (Lipinski definition) is 5. The van der Waals surface area contributed by atoms with Gasteiger partial charge in [0.05, 0.1) is 12.6 Å². The van der Waals surface area contributed by atoms with Gasteiger partial charge in [-0.2, -0.15) is 11.3 Å². The van der Waals surface area contributed by atoms with Crippen LogP contribution < -0.4 is 0 Å². The molecule has 0 radical (unpaired) electrons. The second kappa shape index (κ2) is 6.92. The van der Waals surface area contributed by atoms with Crippen molar-refractivity contribution in [1.82, 2.24) is 19.8 Å². The van der Waals surface area contributed by atoms with Crippen molar-refractivity contribution in [3.8, 4) is 0 Å². The summed E-state index contributed by atoms with van der Waals surface area (Å²) in [5.41, 5.74) is 1.45. The van der Waals surface area contributed by atoms with Gasteiger partial charge in [0.25, 0.3) is 5.91 Å². The van der Waals surface area contributed by atoms with Crippen molar-refractivity contribution >= 4 is 23.2 Å². The van der Waals surface area contributed by atoms with E-state index < -0.39 is 0 Å². The molecule has 130 valence electrons. The first-order chi connectivity index (χ1) is 12.2. The van der Waals surface area contributed by atoms with Crippen LogP contribution in [0.5, 0.6) is 0 Å². The zero-order chi connectivity index (χ0) is 17.2. The normalized spacial score (nSPS) is 22.7. The van der Waals surface area contributed by atoms with E-state index in [9.17, 15) is 9.59 Å². The molecule has 2 aromatic heterocycles. The Balaban J connectivity index is 1.48. The van der Waals surface area contributed by atoms with E-state index >= 15 is 0 Å². The quantitative estimate of drug-likeness (QED) is 0.842. The van der Waals surface area contributed by atoms with E-state index in [4.69, 9.17) is 0 Å². The van der Waals surface area contributed by atoms with Crippen molar-refractivity contribution in [3.05, 3.63) is 46.7 Å². The van der Waals surface area contributed by atoms with Crippen molar-refractivity contribution in [1.29, 1.82) is 0 Å². The molecule has 2 atom stereocenters. The van der Waals surface area contributed by atoms with E-state index in [1.54, 1.807) is 17.5 Å². The molecule has 2 bridgehead atoms. The van der Waals surface area contributed by atoms with Crippen LogP contribution in [0.2, 0.25) is 0 Å². The lowest BCUT2D eigenvalue weighted by Gasteiger charge is -2.36. The summed E-state index contributed by atoms with van der Waals surface area (Å²) < 4.78 is 0. The van der Waals surface area contributed by atoms with Gasteiger partial charge in [-0.1, -0.05) is 0 Å². The van der Waals surface area contributed by atoms with Crippen LogP contribution >= 0.6 is 11.3 Å². The average molecular weight is 356 g/mol. The number of nitrogens with zero attached hydrogens (tertiary/aromatic N) is 4. The second-order valence-electron chi connectivity index (χ2n) is 6.75. The summed E-state index contributed by atoms with van der Waals surface area (Å²) in [6, 6.07) is 2.10. The molecule has 0 unspecified atom stereocenters. The van der Waals surface area contributed by atoms with Crippen LogP contribution in [0.15, 0.2) is 35.4 Å². The van der Waals surface area contributed by atoms with Crippen molar-refractivity contribution in [2.45, 2.75) is 25.3 Å². The summed E-state index contributed by atoms with van der Waals surface area (Å²) in [6.07, 6.45) is 7.09. The van der Waals surface area contributed by atoms with Gasteiger partial charge in [-0.25, -0.2) is 4.98 Å². The Morgan fingerprint density at radius 2 is 2.12 bits per heavy atom. The molecule has 0 saturated carbocycles. The number of hydrogen-bond donors (Lipinski definition) is 0. The lowest BCUT2D eigenvalue weighted by molar-refractivity contribution is -0.134. The first-order valence-corrected chi connectivity index (χ1v) is 9.51. The Bertz CT molecular complexity index is 750. The standard InChI is InChI=1S/C18H20N4O2S/c23-17(7-13-3-6-25-12-13)22-10-14-1-2-15(22)11-21(9-14)18(24)16-8-19-4-5-20-16/h3-6,8,12,14-15H,1-2,7,9-11H2/t14-,15+/m1/s1. The molecule has 6 nitrogen and oxygen atoms in total. The van der Waals surface area contributed by atoms with Crippen LogP contribution in [0.25, 0.3) is 0 Å². The Labute approximate surface area is 150 Å². The average Bonchev–Trinajstić information content (AvgIpc) is 2.98. The molecular weight excluding hydrogens is 336 g/mol. The molecule has 25 heavy (non-hydrogen) atoms. The smallest absolute Gasteiger partial charge is 0.274 e. The number of carbonyl (C=O) groups excluding carboxylic acids is 2. The van der Waals surface area contributed by atoms with Crippen LogP contribution in [0.1, 0.15) is 28.9 Å². The highest BCUT2D eigenvalue weighted by molar-refractivity contribution is 7.08. The molecule has 5 heterocycles. The Kier molecular flexibility index (Phi) is 4.48. The van der Waals surface area contributed by atoms with Crippen LogP contribution in [0.4, 0.5) is 0 Å². The number of carbonyl (C=O) groups is 2. The first kappa shape index (κ1) is 16.2. The zero-order valence-electron chi connectivity index (χ0n) is 13.9. The van der Waals surface area contributed by atoms with Crippen molar-refractivity contribution in [3.63, 3.8) is 0 Å². The van der Waals surface area contributed by atoms with E-state index in [0.29, 0.717) is 31.1 Å². The Morgan fingerprint density at radius 3 is 2.88 bits per heavy atom. The molecule has 3 saturated heterocycles. The van der Waals surface area contributed by atoms with Crippen molar-refractivity contribution in [2.75, 3.05) is 19.6 Å². The minimum absolute atomic E-state index is 0.0860. The van der Waals surface area contributed by atoms with Crippen LogP contribution in [-0.2, 0) is 11.2 Å². The molecule has 0 N–H and O–H groups in total. The molecule has 0 spiro atoms. The minimum Gasteiger partial charge on any atom is -0.337 e. The van der Waals surface area contributed by atoms with Gasteiger partial charge in [-0.3, -0.25) is 14.6 Å². The molecule has 2 amide bonds. The van der Waals surface area contributed by atoms with E-state index in [0.717, 1.165) is 24.9 Å². The van der Waals surface area contributed by atoms with Crippen LogP contribution in [0.3, 0.4) is 0 Å². The first-order valence-electron chi connectivity index (χ1n) is 8.56. The van der Waals surface area contributed by atoms with E-state index in [1.807, 2.05) is 26.6 Å². The fourth-order valence-electron chi connectivity index (χ4n) is 3.79. The van der Waals surface area contributed by atoms with Gasteiger partial charge in [0.1, 0.15) is 5.69 Å². The highest BCUT2D eigenvalue weighted by Gasteiger charge is 2.38. The molecule has 7 heteroatoms. The second-order valence-corrected chi connectivity index (χ2v) is 7.53. The Morgan fingerprint density at radius 1 is 1.20 bits per heavy atom. The summed E-state index contributed by atoms with van der Waals surface area (Å²) in [5.74, 6) is 0.421. The maximum absolute atomic E-state index is 12.8. The van der Waals surface area contributed by atoms with Crippen molar-refractivity contribution in [2.24, 2.45) is 5.92 Å². The molecule has 2 aromatic rings. The molecule has 3 aliphatic heterocycles. The topological polar surface area (TPSA) is 66.4 Å². The van der Waals surface area contributed by atoms with E-state index in [1.165, 1.54) is 12.4 Å². The van der Waals surface area contributed by atoms with Crippen LogP contribution in [-0.4, -0.2) is 57.3 Å². The molecule has 3 fully saturated rings.